The highest BCUT2D eigenvalue weighted by Crippen LogP contribution is 2.28. The summed E-state index contributed by atoms with van der Waals surface area (Å²) in [5, 5.41) is 3.37. The van der Waals surface area contributed by atoms with Crippen molar-refractivity contribution in [3.8, 4) is 0 Å². The topological polar surface area (TPSA) is 58.6 Å². The van der Waals surface area contributed by atoms with E-state index in [0.717, 1.165) is 25.1 Å². The summed E-state index contributed by atoms with van der Waals surface area (Å²) < 4.78 is 5.26. The van der Waals surface area contributed by atoms with Crippen molar-refractivity contribution >= 4 is 17.6 Å². The van der Waals surface area contributed by atoms with Crippen LogP contribution in [0.3, 0.4) is 0 Å². The summed E-state index contributed by atoms with van der Waals surface area (Å²) in [5.74, 6) is -0.229. The van der Waals surface area contributed by atoms with Crippen molar-refractivity contribution < 1.29 is 14.3 Å². The summed E-state index contributed by atoms with van der Waals surface area (Å²) in [4.78, 5) is 27.3. The minimum absolute atomic E-state index is 0.123. The lowest BCUT2D eigenvalue weighted by atomic mass is 9.85. The zero-order valence-electron chi connectivity index (χ0n) is 16.8. The number of nitrogens with one attached hydrogen (secondary N) is 1. The molecule has 0 saturated carbocycles. The molecule has 1 amide bonds. The maximum absolute atomic E-state index is 13.1. The van der Waals surface area contributed by atoms with E-state index in [1.54, 1.807) is 12.1 Å². The Kier molecular flexibility index (Phi) is 6.32. The Bertz CT molecular complexity index is 649. The number of esters is 1. The molecule has 0 radical (unpaired) electrons. The molecular formula is C21H32N2O3. The fourth-order valence-electron chi connectivity index (χ4n) is 3.26. The number of rotatable bonds is 5. The fourth-order valence-corrected chi connectivity index (χ4v) is 3.26. The average Bonchev–Trinajstić information content (AvgIpc) is 2.96. The number of anilines is 1. The van der Waals surface area contributed by atoms with Crippen LogP contribution in [0.1, 0.15) is 64.7 Å². The number of hydrogen-bond acceptors (Lipinski definition) is 4. The number of carbonyl (C=O) groups is 2. The Morgan fingerprint density at radius 1 is 1.27 bits per heavy atom. The fraction of sp³-hybridized carbons (Fsp3) is 0.619. The van der Waals surface area contributed by atoms with Gasteiger partial charge in [-0.25, -0.2) is 4.79 Å². The van der Waals surface area contributed by atoms with Crippen molar-refractivity contribution in [1.82, 2.24) is 4.90 Å². The van der Waals surface area contributed by atoms with Crippen LogP contribution < -0.4 is 5.32 Å². The molecule has 2 atom stereocenters. The number of ether oxygens (including phenoxy) is 1. The van der Waals surface area contributed by atoms with Crippen LogP contribution >= 0.6 is 0 Å². The van der Waals surface area contributed by atoms with Gasteiger partial charge in [-0.05, 0) is 57.2 Å². The van der Waals surface area contributed by atoms with E-state index in [0.29, 0.717) is 5.56 Å². The van der Waals surface area contributed by atoms with Gasteiger partial charge in [-0.3, -0.25) is 4.79 Å². The summed E-state index contributed by atoms with van der Waals surface area (Å²) in [6.07, 6.45) is 1.94. The highest BCUT2D eigenvalue weighted by molar-refractivity contribution is 5.91. The lowest BCUT2D eigenvalue weighted by molar-refractivity contribution is -0.134. The molecule has 1 unspecified atom stereocenters. The summed E-state index contributed by atoms with van der Waals surface area (Å²) in [5.41, 5.74) is 0.982. The van der Waals surface area contributed by atoms with Gasteiger partial charge in [0.25, 0.3) is 0 Å². The smallest absolute Gasteiger partial charge is 0.338 e. The number of amides is 1. The van der Waals surface area contributed by atoms with Gasteiger partial charge in [-0.15, -0.1) is 0 Å². The van der Waals surface area contributed by atoms with Gasteiger partial charge >= 0.3 is 5.97 Å². The van der Waals surface area contributed by atoms with Crippen LogP contribution in [0.2, 0.25) is 0 Å². The van der Waals surface area contributed by atoms with Gasteiger partial charge in [0.05, 0.1) is 11.7 Å². The lowest BCUT2D eigenvalue weighted by Crippen LogP contribution is -2.50. The third-order valence-corrected chi connectivity index (χ3v) is 4.70. The molecule has 0 aliphatic carbocycles. The predicted molar refractivity (Wildman–Crippen MR) is 104 cm³/mol. The molecule has 144 valence electrons. The highest BCUT2D eigenvalue weighted by atomic mass is 16.5. The summed E-state index contributed by atoms with van der Waals surface area (Å²) >= 11 is 0. The first kappa shape index (κ1) is 20.3. The monoisotopic (exact) mass is 360 g/mol. The van der Waals surface area contributed by atoms with Gasteiger partial charge in [-0.2, -0.15) is 0 Å². The second kappa shape index (κ2) is 8.11. The molecule has 26 heavy (non-hydrogen) atoms. The van der Waals surface area contributed by atoms with E-state index >= 15 is 0 Å². The van der Waals surface area contributed by atoms with Gasteiger partial charge in [0, 0.05) is 18.3 Å². The standard InChI is InChI=1S/C21H32N2O3/c1-14(2)26-20(25)16-10-7-11-17(13-16)22-18(21(4,5)6)19(24)23-12-8-9-15(23)3/h7,10-11,13-15,18,22H,8-9,12H2,1-6H3/t15-,18?/m1/s1. The van der Waals surface area contributed by atoms with E-state index in [1.165, 1.54) is 0 Å². The van der Waals surface area contributed by atoms with Crippen molar-refractivity contribution in [2.45, 2.75) is 72.6 Å². The van der Waals surface area contributed by atoms with Crippen LogP contribution in [0.4, 0.5) is 5.69 Å². The molecule has 1 N–H and O–H groups in total. The molecular weight excluding hydrogens is 328 g/mol. The van der Waals surface area contributed by atoms with Crippen LogP contribution in [0.15, 0.2) is 24.3 Å². The minimum atomic E-state index is -0.362. The van der Waals surface area contributed by atoms with Crippen LogP contribution in [0.5, 0.6) is 0 Å². The number of likely N-dealkylation sites (tertiary alicyclic amines) is 1. The maximum Gasteiger partial charge on any atom is 0.338 e. The van der Waals surface area contributed by atoms with Crippen molar-refractivity contribution in [3.05, 3.63) is 29.8 Å². The van der Waals surface area contributed by atoms with E-state index in [1.807, 2.05) is 30.9 Å². The summed E-state index contributed by atoms with van der Waals surface area (Å²) in [6, 6.07) is 7.09. The van der Waals surface area contributed by atoms with Crippen molar-refractivity contribution in [3.63, 3.8) is 0 Å². The van der Waals surface area contributed by atoms with Gasteiger partial charge in [0.15, 0.2) is 0 Å². The van der Waals surface area contributed by atoms with E-state index in [-0.39, 0.29) is 35.5 Å². The average molecular weight is 360 g/mol. The van der Waals surface area contributed by atoms with Crippen LogP contribution in [0, 0.1) is 5.41 Å². The molecule has 0 bridgehead atoms. The molecule has 1 fully saturated rings. The van der Waals surface area contributed by atoms with E-state index < -0.39 is 0 Å². The Hall–Kier alpha value is -2.04. The van der Waals surface area contributed by atoms with E-state index in [9.17, 15) is 9.59 Å². The quantitative estimate of drug-likeness (QED) is 0.804. The van der Waals surface area contributed by atoms with Crippen molar-refractivity contribution in [1.29, 1.82) is 0 Å². The van der Waals surface area contributed by atoms with Gasteiger partial charge in [0.1, 0.15) is 6.04 Å². The number of carbonyl (C=O) groups excluding carboxylic acids is 2. The van der Waals surface area contributed by atoms with Crippen molar-refractivity contribution in [2.24, 2.45) is 5.41 Å². The molecule has 0 spiro atoms. The Balaban J connectivity index is 2.21. The minimum Gasteiger partial charge on any atom is -0.459 e. The molecule has 2 rings (SSSR count). The normalized spacial score (nSPS) is 18.7. The van der Waals surface area contributed by atoms with Gasteiger partial charge in [0.2, 0.25) is 5.91 Å². The summed E-state index contributed by atoms with van der Waals surface area (Å²) in [6.45, 7) is 12.7. The first-order valence-corrected chi connectivity index (χ1v) is 9.47. The molecule has 1 aliphatic rings. The maximum atomic E-state index is 13.1. The largest absolute Gasteiger partial charge is 0.459 e. The Morgan fingerprint density at radius 3 is 2.50 bits per heavy atom. The van der Waals surface area contributed by atoms with Crippen LogP contribution in [-0.2, 0) is 9.53 Å². The molecule has 1 aromatic rings. The van der Waals surface area contributed by atoms with E-state index in [2.05, 4.69) is 33.0 Å². The van der Waals surface area contributed by atoms with Crippen LogP contribution in [-0.4, -0.2) is 41.5 Å². The second-order valence-corrected chi connectivity index (χ2v) is 8.50. The number of hydrogen-bond donors (Lipinski definition) is 1. The zero-order chi connectivity index (χ0) is 19.5. The second-order valence-electron chi connectivity index (χ2n) is 8.50. The predicted octanol–water partition coefficient (Wildman–Crippen LogP) is 4.09. The molecule has 5 nitrogen and oxygen atoms in total. The highest BCUT2D eigenvalue weighted by Gasteiger charge is 2.37. The molecule has 1 heterocycles. The SMILES string of the molecule is CC(C)OC(=O)c1cccc(NC(C(=O)N2CCC[C@H]2C)C(C)(C)C)c1. The van der Waals surface area contributed by atoms with E-state index in [4.69, 9.17) is 4.74 Å². The first-order valence-electron chi connectivity index (χ1n) is 9.47. The number of nitrogens with zero attached hydrogens (tertiary/aromatic N) is 1. The van der Waals surface area contributed by atoms with Gasteiger partial charge in [-0.1, -0.05) is 26.8 Å². The number of benzene rings is 1. The molecule has 0 aromatic heterocycles. The molecule has 1 aliphatic heterocycles. The third kappa shape index (κ3) is 4.99. The van der Waals surface area contributed by atoms with Crippen molar-refractivity contribution in [2.75, 3.05) is 11.9 Å². The third-order valence-electron chi connectivity index (χ3n) is 4.70. The van der Waals surface area contributed by atoms with Crippen LogP contribution in [0.25, 0.3) is 0 Å². The zero-order valence-corrected chi connectivity index (χ0v) is 16.8. The lowest BCUT2D eigenvalue weighted by Gasteiger charge is -2.35. The Labute approximate surface area is 157 Å². The van der Waals surface area contributed by atoms with Gasteiger partial charge < -0.3 is 15.0 Å². The summed E-state index contributed by atoms with van der Waals surface area (Å²) in [7, 11) is 0. The molecule has 1 saturated heterocycles. The molecule has 5 heteroatoms. The molecule has 1 aromatic carbocycles. The first-order chi connectivity index (χ1) is 12.1. The Morgan fingerprint density at radius 2 is 1.96 bits per heavy atom.